The van der Waals surface area contributed by atoms with Crippen LogP contribution in [0.25, 0.3) is 0 Å². The highest BCUT2D eigenvalue weighted by atomic mass is 31.2. The van der Waals surface area contributed by atoms with E-state index in [1.54, 1.807) is 0 Å². The smallest absolute Gasteiger partial charge is 0.353 e. The van der Waals surface area contributed by atoms with E-state index < -0.39 is 32.3 Å². The van der Waals surface area contributed by atoms with Crippen LogP contribution >= 0.6 is 7.60 Å². The van der Waals surface area contributed by atoms with Gasteiger partial charge in [-0.25, -0.2) is 4.79 Å². The number of ether oxygens (including phenoxy) is 2. The van der Waals surface area contributed by atoms with Gasteiger partial charge in [0.25, 0.3) is 0 Å². The number of aromatic nitrogens is 2. The van der Waals surface area contributed by atoms with E-state index in [9.17, 15) is 19.4 Å². The summed E-state index contributed by atoms with van der Waals surface area (Å²) in [7, 11) is -3.99. The number of unbranched alkanes of at least 4 members (excludes halogenated alkanes) is 13. The lowest BCUT2D eigenvalue weighted by atomic mass is 10.0. The molecule has 4 N–H and O–H groups in total. The highest BCUT2D eigenvalue weighted by molar-refractivity contribution is 7.52. The van der Waals surface area contributed by atoms with Crippen molar-refractivity contribution >= 4 is 13.4 Å². The molecule has 1 unspecified atom stereocenters. The zero-order valence-corrected chi connectivity index (χ0v) is 24.3. The normalized spacial score (nSPS) is 14.0. The fourth-order valence-corrected chi connectivity index (χ4v) is 4.96. The van der Waals surface area contributed by atoms with Crippen molar-refractivity contribution < 1.29 is 28.6 Å². The molecule has 0 saturated heterocycles. The van der Waals surface area contributed by atoms with Gasteiger partial charge in [0.1, 0.15) is 12.2 Å². The zero-order chi connectivity index (χ0) is 27.9. The first-order valence-corrected chi connectivity index (χ1v) is 16.2. The SMILES string of the molecule is CCCCCCCCCCCCCCCCOCCCOP(=O)(O)CO[C@H](CO)Cn1ccc(N)nc1=O. The van der Waals surface area contributed by atoms with E-state index in [1.165, 1.54) is 100 Å². The molecule has 222 valence electrons. The molecule has 0 fully saturated rings. The number of nitrogens with two attached hydrogens (primary N) is 1. The predicted octanol–water partition coefficient (Wildman–Crippen LogP) is 5.25. The second kappa shape index (κ2) is 22.5. The second-order valence-electron chi connectivity index (χ2n) is 9.92. The van der Waals surface area contributed by atoms with E-state index >= 15 is 0 Å². The van der Waals surface area contributed by atoms with Crippen LogP contribution in [-0.4, -0.2) is 58.4 Å². The van der Waals surface area contributed by atoms with Crippen LogP contribution in [0.15, 0.2) is 17.1 Å². The van der Waals surface area contributed by atoms with Crippen molar-refractivity contribution in [2.24, 2.45) is 0 Å². The molecule has 0 radical (unpaired) electrons. The number of nitrogen functional groups attached to an aromatic ring is 1. The van der Waals surface area contributed by atoms with Gasteiger partial charge in [-0.2, -0.15) is 4.98 Å². The lowest BCUT2D eigenvalue weighted by Crippen LogP contribution is -2.32. The highest BCUT2D eigenvalue weighted by Gasteiger charge is 2.22. The number of anilines is 1. The molecule has 1 aromatic rings. The van der Waals surface area contributed by atoms with Crippen molar-refractivity contribution in [2.75, 3.05) is 38.5 Å². The average molecular weight is 562 g/mol. The number of aliphatic hydroxyl groups is 1. The summed E-state index contributed by atoms with van der Waals surface area (Å²) in [6.45, 7) is 3.01. The van der Waals surface area contributed by atoms with E-state index in [1.807, 2.05) is 0 Å². The molecule has 1 heterocycles. The quantitative estimate of drug-likeness (QED) is 0.102. The van der Waals surface area contributed by atoms with Gasteiger partial charge in [-0.1, -0.05) is 90.4 Å². The molecule has 0 amide bonds. The topological polar surface area (TPSA) is 146 Å². The molecule has 38 heavy (non-hydrogen) atoms. The number of rotatable bonds is 26. The van der Waals surface area contributed by atoms with Crippen molar-refractivity contribution in [3.05, 3.63) is 22.7 Å². The van der Waals surface area contributed by atoms with E-state index in [0.29, 0.717) is 19.6 Å². The second-order valence-corrected chi connectivity index (χ2v) is 11.7. The van der Waals surface area contributed by atoms with Crippen LogP contribution < -0.4 is 11.4 Å². The van der Waals surface area contributed by atoms with Crippen molar-refractivity contribution in [3.8, 4) is 0 Å². The van der Waals surface area contributed by atoms with Gasteiger partial charge in [0.15, 0.2) is 0 Å². The van der Waals surface area contributed by atoms with E-state index in [2.05, 4.69) is 11.9 Å². The zero-order valence-electron chi connectivity index (χ0n) is 23.4. The molecular weight excluding hydrogens is 509 g/mol. The van der Waals surface area contributed by atoms with Gasteiger partial charge in [0.2, 0.25) is 0 Å². The average Bonchev–Trinajstić information content (AvgIpc) is 2.89. The predicted molar refractivity (Wildman–Crippen MR) is 151 cm³/mol. The molecule has 1 aromatic heterocycles. The maximum atomic E-state index is 12.2. The first kappa shape index (κ1) is 34.7. The van der Waals surface area contributed by atoms with E-state index in [4.69, 9.17) is 19.7 Å². The summed E-state index contributed by atoms with van der Waals surface area (Å²) in [6, 6.07) is 1.44. The van der Waals surface area contributed by atoms with Gasteiger partial charge in [-0.15, -0.1) is 0 Å². The molecule has 0 aliphatic rings. The molecule has 0 aliphatic carbocycles. The molecule has 0 aromatic carbocycles. The first-order chi connectivity index (χ1) is 18.4. The number of hydrogen-bond acceptors (Lipinski definition) is 8. The Balaban J connectivity index is 1.94. The molecule has 10 nitrogen and oxygen atoms in total. The third-order valence-electron chi connectivity index (χ3n) is 6.34. The monoisotopic (exact) mass is 561 g/mol. The Morgan fingerprint density at radius 3 is 2.03 bits per heavy atom. The van der Waals surface area contributed by atoms with E-state index in [0.717, 1.165) is 6.42 Å². The Kier molecular flexibility index (Phi) is 20.6. The fourth-order valence-electron chi connectivity index (χ4n) is 4.07. The van der Waals surface area contributed by atoms with Gasteiger partial charge < -0.3 is 29.7 Å². The van der Waals surface area contributed by atoms with Crippen LogP contribution in [0.1, 0.15) is 103 Å². The van der Waals surface area contributed by atoms with Gasteiger partial charge in [-0.05, 0) is 18.9 Å². The highest BCUT2D eigenvalue weighted by Crippen LogP contribution is 2.42. The fraction of sp³-hybridized carbons (Fsp3) is 0.852. The third-order valence-corrected chi connectivity index (χ3v) is 7.40. The Labute approximate surface area is 228 Å². The lowest BCUT2D eigenvalue weighted by Gasteiger charge is -2.19. The van der Waals surface area contributed by atoms with Crippen molar-refractivity contribution in [1.29, 1.82) is 0 Å². The van der Waals surface area contributed by atoms with E-state index in [-0.39, 0.29) is 19.0 Å². The Morgan fingerprint density at radius 1 is 0.921 bits per heavy atom. The first-order valence-electron chi connectivity index (χ1n) is 14.5. The van der Waals surface area contributed by atoms with Gasteiger partial charge in [0.05, 0.1) is 25.9 Å². The van der Waals surface area contributed by atoms with Crippen LogP contribution in [0.4, 0.5) is 5.82 Å². The van der Waals surface area contributed by atoms with Crippen LogP contribution in [0.5, 0.6) is 0 Å². The molecular formula is C27H52N3O7P. The minimum atomic E-state index is -3.99. The maximum absolute atomic E-state index is 12.2. The number of hydrogen-bond donors (Lipinski definition) is 3. The lowest BCUT2D eigenvalue weighted by molar-refractivity contribution is 0.0162. The van der Waals surface area contributed by atoms with Gasteiger partial charge >= 0.3 is 13.3 Å². The Bertz CT molecular complexity index is 809. The summed E-state index contributed by atoms with van der Waals surface area (Å²) in [6.07, 6.45) is 18.9. The summed E-state index contributed by atoms with van der Waals surface area (Å²) < 4.78 is 29.3. The van der Waals surface area contributed by atoms with Crippen molar-refractivity contribution in [3.63, 3.8) is 0 Å². The van der Waals surface area contributed by atoms with Gasteiger partial charge in [0, 0.05) is 19.4 Å². The number of nitrogens with zero attached hydrogens (tertiary/aromatic N) is 2. The minimum absolute atomic E-state index is 0.0320. The summed E-state index contributed by atoms with van der Waals surface area (Å²) in [5.41, 5.74) is 4.85. The summed E-state index contributed by atoms with van der Waals surface area (Å²) >= 11 is 0. The number of aliphatic hydroxyl groups excluding tert-OH is 1. The molecule has 0 spiro atoms. The largest absolute Gasteiger partial charge is 0.394 e. The molecule has 11 heteroatoms. The molecule has 0 bridgehead atoms. The molecule has 0 aliphatic heterocycles. The van der Waals surface area contributed by atoms with Crippen LogP contribution in [0.3, 0.4) is 0 Å². The molecule has 1 rings (SSSR count). The third kappa shape index (κ3) is 18.9. The minimum Gasteiger partial charge on any atom is -0.394 e. The standard InChI is InChI=1S/C27H52N3O7P/c1-2-3-4-5-6-7-8-9-10-11-12-13-14-15-19-35-20-16-21-37-38(33,34)24-36-25(23-31)22-30-18-17-26(28)29-27(30)32/h17-18,25,31H,2-16,19-24H2,1H3,(H,33,34)(H2,28,29,32)/t25-/m0/s1. The summed E-state index contributed by atoms with van der Waals surface area (Å²) in [5.74, 6) is 0.0875. The summed E-state index contributed by atoms with van der Waals surface area (Å²) in [4.78, 5) is 25.3. The van der Waals surface area contributed by atoms with Crippen molar-refractivity contribution in [2.45, 2.75) is 116 Å². The Morgan fingerprint density at radius 2 is 1.47 bits per heavy atom. The van der Waals surface area contributed by atoms with Gasteiger partial charge in [-0.3, -0.25) is 9.13 Å². The molecule has 2 atom stereocenters. The van der Waals surface area contributed by atoms with Crippen molar-refractivity contribution in [1.82, 2.24) is 9.55 Å². The Hall–Kier alpha value is -1.29. The van der Waals surface area contributed by atoms with Crippen LogP contribution in [-0.2, 0) is 25.1 Å². The molecule has 0 saturated carbocycles. The van der Waals surface area contributed by atoms with Crippen LogP contribution in [0.2, 0.25) is 0 Å². The maximum Gasteiger partial charge on any atom is 0.353 e. The van der Waals surface area contributed by atoms with Crippen LogP contribution in [0, 0.1) is 0 Å². The summed E-state index contributed by atoms with van der Waals surface area (Å²) in [5, 5.41) is 9.46.